The Kier molecular flexibility index (Phi) is 5.83. The lowest BCUT2D eigenvalue weighted by Crippen LogP contribution is -2.05. The third-order valence-corrected chi connectivity index (χ3v) is 6.81. The van der Waals surface area contributed by atoms with Crippen molar-refractivity contribution in [3.8, 4) is 22.0 Å². The summed E-state index contributed by atoms with van der Waals surface area (Å²) in [7, 11) is 1.89. The molecular weight excluding hydrogens is 443 g/mol. The van der Waals surface area contributed by atoms with Crippen LogP contribution in [0.5, 0.6) is 0 Å². The van der Waals surface area contributed by atoms with Crippen molar-refractivity contribution >= 4 is 23.1 Å². The lowest BCUT2D eigenvalue weighted by Gasteiger charge is -2.10. The Bertz CT molecular complexity index is 1340. The molecule has 0 fully saturated rings. The number of nitrogens with zero attached hydrogens (tertiary/aromatic N) is 6. The van der Waals surface area contributed by atoms with Crippen molar-refractivity contribution in [3.63, 3.8) is 0 Å². The molecular formula is C23H19FN6S2. The Morgan fingerprint density at radius 1 is 1.03 bits per heavy atom. The Morgan fingerprint density at radius 2 is 1.84 bits per heavy atom. The number of thiazole rings is 1. The van der Waals surface area contributed by atoms with Gasteiger partial charge < -0.3 is 0 Å². The van der Waals surface area contributed by atoms with Crippen molar-refractivity contribution in [1.29, 1.82) is 0 Å². The average molecular weight is 463 g/mol. The summed E-state index contributed by atoms with van der Waals surface area (Å²) in [5, 5.41) is 16.6. The minimum absolute atomic E-state index is 0.314. The van der Waals surface area contributed by atoms with E-state index in [-0.39, 0.29) is 5.82 Å². The predicted octanol–water partition coefficient (Wildman–Crippen LogP) is 5.28. The second kappa shape index (κ2) is 9.05. The van der Waals surface area contributed by atoms with Crippen LogP contribution in [0.1, 0.15) is 11.3 Å². The van der Waals surface area contributed by atoms with Gasteiger partial charge in [0.2, 0.25) is 0 Å². The van der Waals surface area contributed by atoms with Crippen LogP contribution < -0.4 is 0 Å². The third-order valence-electron chi connectivity index (χ3n) is 4.87. The van der Waals surface area contributed by atoms with E-state index in [1.807, 2.05) is 65.8 Å². The quantitative estimate of drug-likeness (QED) is 0.308. The third kappa shape index (κ3) is 4.35. The lowest BCUT2D eigenvalue weighted by atomic mass is 10.2. The van der Waals surface area contributed by atoms with Crippen LogP contribution in [-0.4, -0.2) is 29.5 Å². The van der Waals surface area contributed by atoms with Gasteiger partial charge in [-0.25, -0.2) is 9.37 Å². The Morgan fingerprint density at radius 3 is 2.62 bits per heavy atom. The highest BCUT2D eigenvalue weighted by Gasteiger charge is 2.18. The summed E-state index contributed by atoms with van der Waals surface area (Å²) >= 11 is 3.14. The monoisotopic (exact) mass is 462 g/mol. The topological polar surface area (TPSA) is 61.4 Å². The van der Waals surface area contributed by atoms with Gasteiger partial charge >= 0.3 is 0 Å². The summed E-state index contributed by atoms with van der Waals surface area (Å²) in [4.78, 5) is 4.73. The highest BCUT2D eigenvalue weighted by Crippen LogP contribution is 2.30. The average Bonchev–Trinajstić information content (AvgIpc) is 3.54. The molecule has 0 N–H and O–H groups in total. The fraction of sp³-hybridized carbons (Fsp3) is 0.130. The first kappa shape index (κ1) is 20.6. The van der Waals surface area contributed by atoms with E-state index in [0.29, 0.717) is 23.7 Å². The zero-order chi connectivity index (χ0) is 21.9. The van der Waals surface area contributed by atoms with Gasteiger partial charge in [0.05, 0.1) is 24.0 Å². The second-order valence-corrected chi connectivity index (χ2v) is 8.99. The van der Waals surface area contributed by atoms with E-state index in [1.54, 1.807) is 39.9 Å². The van der Waals surface area contributed by atoms with Crippen molar-refractivity contribution in [2.45, 2.75) is 17.5 Å². The molecule has 2 aromatic carbocycles. The van der Waals surface area contributed by atoms with Gasteiger partial charge in [-0.2, -0.15) is 5.10 Å². The van der Waals surface area contributed by atoms with E-state index < -0.39 is 0 Å². The second-order valence-electron chi connectivity index (χ2n) is 7.19. The van der Waals surface area contributed by atoms with Gasteiger partial charge in [0, 0.05) is 29.9 Å². The van der Waals surface area contributed by atoms with E-state index >= 15 is 0 Å². The van der Waals surface area contributed by atoms with E-state index in [1.165, 1.54) is 6.07 Å². The maximum absolute atomic E-state index is 14.5. The van der Waals surface area contributed by atoms with Crippen molar-refractivity contribution in [3.05, 3.63) is 89.4 Å². The first-order valence-corrected chi connectivity index (χ1v) is 11.8. The van der Waals surface area contributed by atoms with E-state index in [2.05, 4.69) is 15.3 Å². The highest BCUT2D eigenvalue weighted by atomic mass is 32.2. The molecule has 0 aliphatic carbocycles. The molecule has 3 heterocycles. The van der Waals surface area contributed by atoms with Gasteiger partial charge in [-0.3, -0.25) is 9.25 Å². The van der Waals surface area contributed by atoms with Gasteiger partial charge in [-0.1, -0.05) is 54.2 Å². The number of hydrogen-bond acceptors (Lipinski definition) is 6. The molecule has 0 saturated heterocycles. The number of aromatic nitrogens is 6. The standard InChI is InChI=1S/C23H19FN6S2/c1-29-13-17(11-25-29)22-26-18(14-31-22)15-32-23-28-27-21(19-9-5-6-10-20(19)24)30(23)12-16-7-3-2-4-8-16/h2-11,13-14H,12,15H2,1H3. The highest BCUT2D eigenvalue weighted by molar-refractivity contribution is 7.98. The minimum atomic E-state index is -0.314. The van der Waals surface area contributed by atoms with Gasteiger partial charge in [-0.05, 0) is 17.7 Å². The molecule has 5 rings (SSSR count). The van der Waals surface area contributed by atoms with Gasteiger partial charge in [-0.15, -0.1) is 21.5 Å². The summed E-state index contributed by atoms with van der Waals surface area (Å²) in [6.07, 6.45) is 3.76. The fourth-order valence-corrected chi connectivity index (χ4v) is 5.05. The Balaban J connectivity index is 1.42. The van der Waals surface area contributed by atoms with E-state index in [0.717, 1.165) is 27.0 Å². The van der Waals surface area contributed by atoms with Crippen LogP contribution in [0.4, 0.5) is 4.39 Å². The normalized spacial score (nSPS) is 11.2. The number of rotatable bonds is 7. The minimum Gasteiger partial charge on any atom is -0.297 e. The van der Waals surface area contributed by atoms with Crippen molar-refractivity contribution in [2.24, 2.45) is 7.05 Å². The van der Waals surface area contributed by atoms with Crippen LogP contribution in [0.2, 0.25) is 0 Å². The number of benzene rings is 2. The predicted molar refractivity (Wildman–Crippen MR) is 125 cm³/mol. The Labute approximate surface area is 192 Å². The summed E-state index contributed by atoms with van der Waals surface area (Å²) in [5.74, 6) is 0.844. The molecule has 0 spiro atoms. The number of hydrogen-bond donors (Lipinski definition) is 0. The summed E-state index contributed by atoms with van der Waals surface area (Å²) in [5.41, 5.74) is 3.50. The Hall–Kier alpha value is -3.30. The zero-order valence-corrected chi connectivity index (χ0v) is 18.9. The van der Waals surface area contributed by atoms with Crippen LogP contribution in [0.3, 0.4) is 0 Å². The van der Waals surface area contributed by atoms with E-state index in [9.17, 15) is 4.39 Å². The largest absolute Gasteiger partial charge is 0.297 e. The summed E-state index contributed by atoms with van der Waals surface area (Å²) in [6.45, 7) is 0.553. The molecule has 3 aromatic heterocycles. The first-order valence-electron chi connectivity index (χ1n) is 9.95. The molecule has 0 bridgehead atoms. The maximum Gasteiger partial charge on any atom is 0.192 e. The molecule has 0 amide bonds. The molecule has 0 saturated carbocycles. The molecule has 0 radical (unpaired) electrons. The fourth-order valence-electron chi connectivity index (χ4n) is 3.32. The van der Waals surface area contributed by atoms with Gasteiger partial charge in [0.15, 0.2) is 11.0 Å². The molecule has 6 nitrogen and oxygen atoms in total. The SMILES string of the molecule is Cn1cc(-c2nc(CSc3nnc(-c4ccccc4F)n3Cc3ccccc3)cs2)cn1. The van der Waals surface area contributed by atoms with Crippen LogP contribution >= 0.6 is 23.1 Å². The first-order chi connectivity index (χ1) is 15.7. The molecule has 9 heteroatoms. The van der Waals surface area contributed by atoms with Crippen molar-refractivity contribution < 1.29 is 4.39 Å². The van der Waals surface area contributed by atoms with Crippen LogP contribution in [0, 0.1) is 5.82 Å². The number of aryl methyl sites for hydroxylation is 1. The molecule has 0 aliphatic rings. The molecule has 0 unspecified atom stereocenters. The number of halogens is 1. The van der Waals surface area contributed by atoms with Gasteiger partial charge in [0.25, 0.3) is 0 Å². The number of thioether (sulfide) groups is 1. The molecule has 5 aromatic rings. The molecule has 0 atom stereocenters. The van der Waals surface area contributed by atoms with E-state index in [4.69, 9.17) is 4.98 Å². The molecule has 0 aliphatic heterocycles. The molecule has 160 valence electrons. The smallest absolute Gasteiger partial charge is 0.192 e. The lowest BCUT2D eigenvalue weighted by molar-refractivity contribution is 0.626. The summed E-state index contributed by atoms with van der Waals surface area (Å²) < 4.78 is 18.2. The van der Waals surface area contributed by atoms with Crippen molar-refractivity contribution in [1.82, 2.24) is 29.5 Å². The van der Waals surface area contributed by atoms with Crippen LogP contribution in [-0.2, 0) is 19.3 Å². The maximum atomic E-state index is 14.5. The zero-order valence-electron chi connectivity index (χ0n) is 17.2. The summed E-state index contributed by atoms with van der Waals surface area (Å²) in [6, 6.07) is 16.7. The van der Waals surface area contributed by atoms with Crippen LogP contribution in [0.25, 0.3) is 22.0 Å². The molecule has 32 heavy (non-hydrogen) atoms. The van der Waals surface area contributed by atoms with Gasteiger partial charge in [0.1, 0.15) is 10.8 Å². The van der Waals surface area contributed by atoms with Crippen molar-refractivity contribution in [2.75, 3.05) is 0 Å². The van der Waals surface area contributed by atoms with Crippen LogP contribution in [0.15, 0.2) is 77.5 Å².